The van der Waals surface area contributed by atoms with E-state index in [-0.39, 0.29) is 11.9 Å². The Morgan fingerprint density at radius 2 is 1.76 bits per heavy atom. The fraction of sp³-hybridized carbons (Fsp3) is 0.389. The topological polar surface area (TPSA) is 52.6 Å². The zero-order chi connectivity index (χ0) is 17.2. The summed E-state index contributed by atoms with van der Waals surface area (Å²) in [5.41, 5.74) is 0.926. The van der Waals surface area contributed by atoms with E-state index in [1.165, 1.54) is 0 Å². The molecule has 1 amide bonds. The van der Waals surface area contributed by atoms with Crippen molar-refractivity contribution >= 4 is 29.0 Å². The lowest BCUT2D eigenvalue weighted by atomic mass is 10.2. The van der Waals surface area contributed by atoms with Crippen LogP contribution in [0.3, 0.4) is 0 Å². The smallest absolute Gasteiger partial charge is 0.244 e. The molecular weight excluding hydrogens is 338 g/mol. The van der Waals surface area contributed by atoms with E-state index in [1.54, 1.807) is 6.20 Å². The first-order chi connectivity index (χ1) is 12.2. The number of nitrogens with zero attached hydrogens (tertiary/aromatic N) is 5. The van der Waals surface area contributed by atoms with Gasteiger partial charge in [-0.15, -0.1) is 5.10 Å². The van der Waals surface area contributed by atoms with Crippen molar-refractivity contribution in [2.24, 2.45) is 0 Å². The van der Waals surface area contributed by atoms with Gasteiger partial charge in [0.25, 0.3) is 0 Å². The molecule has 1 aromatic carbocycles. The number of benzene rings is 1. The minimum absolute atomic E-state index is 0.0281. The quantitative estimate of drug-likeness (QED) is 0.841. The van der Waals surface area contributed by atoms with Gasteiger partial charge in [0.1, 0.15) is 0 Å². The van der Waals surface area contributed by atoms with Gasteiger partial charge in [-0.1, -0.05) is 11.6 Å². The van der Waals surface area contributed by atoms with Crippen LogP contribution in [0.2, 0.25) is 5.02 Å². The Morgan fingerprint density at radius 3 is 2.44 bits per heavy atom. The molecule has 2 saturated heterocycles. The standard InChI is InChI=1S/C18H20ClN5O/c19-14-3-5-15(6-4-14)24-9-7-16(18(24)25)22-10-12-23(13-11-22)17-2-1-8-20-21-17/h1-6,8,16H,7,9-13H2. The lowest BCUT2D eigenvalue weighted by Gasteiger charge is -2.37. The third-order valence-electron chi connectivity index (χ3n) is 4.95. The van der Waals surface area contributed by atoms with E-state index in [0.29, 0.717) is 5.02 Å². The summed E-state index contributed by atoms with van der Waals surface area (Å²) in [4.78, 5) is 19.2. The Bertz CT molecular complexity index is 731. The molecule has 1 atom stereocenters. The molecule has 2 aromatic rings. The summed E-state index contributed by atoms with van der Waals surface area (Å²) < 4.78 is 0. The molecule has 0 N–H and O–H groups in total. The Hall–Kier alpha value is -2.18. The highest BCUT2D eigenvalue weighted by Gasteiger charge is 2.37. The first kappa shape index (κ1) is 16.3. The van der Waals surface area contributed by atoms with Gasteiger partial charge in [-0.25, -0.2) is 0 Å². The number of hydrogen-bond acceptors (Lipinski definition) is 5. The number of halogens is 1. The van der Waals surface area contributed by atoms with Crippen LogP contribution in [-0.4, -0.2) is 59.8 Å². The molecule has 25 heavy (non-hydrogen) atoms. The third-order valence-corrected chi connectivity index (χ3v) is 5.20. The maximum absolute atomic E-state index is 12.9. The highest BCUT2D eigenvalue weighted by atomic mass is 35.5. The summed E-state index contributed by atoms with van der Waals surface area (Å²) in [6.07, 6.45) is 2.55. The van der Waals surface area contributed by atoms with Crippen LogP contribution in [0.1, 0.15) is 6.42 Å². The minimum atomic E-state index is -0.0281. The van der Waals surface area contributed by atoms with Gasteiger partial charge in [0.2, 0.25) is 5.91 Å². The van der Waals surface area contributed by atoms with Gasteiger partial charge < -0.3 is 9.80 Å². The van der Waals surface area contributed by atoms with E-state index >= 15 is 0 Å². The van der Waals surface area contributed by atoms with Crippen molar-refractivity contribution < 1.29 is 4.79 Å². The van der Waals surface area contributed by atoms with Gasteiger partial charge in [0.15, 0.2) is 5.82 Å². The average molecular weight is 358 g/mol. The molecule has 3 heterocycles. The highest BCUT2D eigenvalue weighted by Crippen LogP contribution is 2.26. The van der Waals surface area contributed by atoms with Gasteiger partial charge in [-0.2, -0.15) is 5.10 Å². The summed E-state index contributed by atoms with van der Waals surface area (Å²) in [7, 11) is 0. The van der Waals surface area contributed by atoms with Crippen molar-refractivity contribution in [3.05, 3.63) is 47.6 Å². The highest BCUT2D eigenvalue weighted by molar-refractivity contribution is 6.30. The van der Waals surface area contributed by atoms with Crippen molar-refractivity contribution in [1.29, 1.82) is 0 Å². The van der Waals surface area contributed by atoms with Crippen molar-refractivity contribution in [2.45, 2.75) is 12.5 Å². The normalized spacial score (nSPS) is 21.8. The van der Waals surface area contributed by atoms with Gasteiger partial charge in [0.05, 0.1) is 6.04 Å². The number of carbonyl (C=O) groups excluding carboxylic acids is 1. The summed E-state index contributed by atoms with van der Waals surface area (Å²) in [5.74, 6) is 1.10. The minimum Gasteiger partial charge on any atom is -0.353 e. The van der Waals surface area contributed by atoms with Crippen LogP contribution in [0.25, 0.3) is 0 Å². The summed E-state index contributed by atoms with van der Waals surface area (Å²) >= 11 is 5.94. The Labute approximate surface area is 152 Å². The SMILES string of the molecule is O=C1C(N2CCN(c3cccnn3)CC2)CCN1c1ccc(Cl)cc1. The number of piperazine rings is 1. The van der Waals surface area contributed by atoms with Gasteiger partial charge in [0, 0.05) is 49.6 Å². The predicted octanol–water partition coefficient (Wildman–Crippen LogP) is 2.06. The van der Waals surface area contributed by atoms with E-state index in [2.05, 4.69) is 20.0 Å². The lowest BCUT2D eigenvalue weighted by Crippen LogP contribution is -2.52. The van der Waals surface area contributed by atoms with Crippen LogP contribution in [0.5, 0.6) is 0 Å². The average Bonchev–Trinajstić information content (AvgIpc) is 3.05. The maximum atomic E-state index is 12.9. The van der Waals surface area contributed by atoms with Crippen molar-refractivity contribution in [3.8, 4) is 0 Å². The molecule has 2 aliphatic rings. The van der Waals surface area contributed by atoms with Crippen LogP contribution >= 0.6 is 11.6 Å². The first-order valence-corrected chi connectivity index (χ1v) is 8.94. The second kappa shape index (κ2) is 6.98. The molecule has 0 bridgehead atoms. The zero-order valence-electron chi connectivity index (χ0n) is 13.9. The van der Waals surface area contributed by atoms with Crippen LogP contribution in [0.15, 0.2) is 42.6 Å². The Kier molecular flexibility index (Phi) is 4.55. The van der Waals surface area contributed by atoms with E-state index in [9.17, 15) is 4.79 Å². The van der Waals surface area contributed by atoms with E-state index < -0.39 is 0 Å². The molecule has 6 nitrogen and oxygen atoms in total. The molecule has 7 heteroatoms. The molecule has 4 rings (SSSR count). The van der Waals surface area contributed by atoms with E-state index in [1.807, 2.05) is 41.3 Å². The molecule has 0 radical (unpaired) electrons. The Morgan fingerprint density at radius 1 is 1.00 bits per heavy atom. The van der Waals surface area contributed by atoms with Gasteiger partial charge in [-0.05, 0) is 42.8 Å². The van der Waals surface area contributed by atoms with Crippen LogP contribution in [0, 0.1) is 0 Å². The molecule has 0 aliphatic carbocycles. The monoisotopic (exact) mass is 357 g/mol. The maximum Gasteiger partial charge on any atom is 0.244 e. The van der Waals surface area contributed by atoms with Crippen LogP contribution < -0.4 is 9.80 Å². The number of aromatic nitrogens is 2. The fourth-order valence-electron chi connectivity index (χ4n) is 3.61. The molecule has 1 unspecified atom stereocenters. The molecule has 0 spiro atoms. The molecular formula is C18H20ClN5O. The number of carbonyl (C=O) groups is 1. The number of rotatable bonds is 3. The molecule has 1 aromatic heterocycles. The van der Waals surface area contributed by atoms with Crippen molar-refractivity contribution in [2.75, 3.05) is 42.5 Å². The molecule has 2 aliphatic heterocycles. The summed E-state index contributed by atoms with van der Waals surface area (Å²) in [6.45, 7) is 4.21. The Balaban J connectivity index is 1.39. The number of anilines is 2. The van der Waals surface area contributed by atoms with Crippen molar-refractivity contribution in [1.82, 2.24) is 15.1 Å². The van der Waals surface area contributed by atoms with E-state index in [0.717, 1.165) is 50.6 Å². The first-order valence-electron chi connectivity index (χ1n) is 8.56. The zero-order valence-corrected chi connectivity index (χ0v) is 14.6. The molecule has 130 valence electrons. The number of amides is 1. The van der Waals surface area contributed by atoms with E-state index in [4.69, 9.17) is 11.6 Å². The summed E-state index contributed by atoms with van der Waals surface area (Å²) in [5, 5.41) is 8.80. The summed E-state index contributed by atoms with van der Waals surface area (Å²) in [6, 6.07) is 11.3. The largest absolute Gasteiger partial charge is 0.353 e. The lowest BCUT2D eigenvalue weighted by molar-refractivity contribution is -0.121. The van der Waals surface area contributed by atoms with Crippen LogP contribution in [-0.2, 0) is 4.79 Å². The number of hydrogen-bond donors (Lipinski definition) is 0. The predicted molar refractivity (Wildman–Crippen MR) is 98.0 cm³/mol. The third kappa shape index (κ3) is 3.32. The van der Waals surface area contributed by atoms with Gasteiger partial charge in [-0.3, -0.25) is 9.69 Å². The molecule has 2 fully saturated rings. The van der Waals surface area contributed by atoms with Crippen molar-refractivity contribution in [3.63, 3.8) is 0 Å². The van der Waals surface area contributed by atoms with Crippen LogP contribution in [0.4, 0.5) is 11.5 Å². The fourth-order valence-corrected chi connectivity index (χ4v) is 3.73. The van der Waals surface area contributed by atoms with Gasteiger partial charge >= 0.3 is 0 Å². The second-order valence-electron chi connectivity index (χ2n) is 6.38. The molecule has 0 saturated carbocycles. The second-order valence-corrected chi connectivity index (χ2v) is 6.81.